The van der Waals surface area contributed by atoms with Crippen molar-refractivity contribution >= 4 is 27.5 Å². The summed E-state index contributed by atoms with van der Waals surface area (Å²) in [6.07, 6.45) is 0. The molecule has 0 aliphatic rings. The summed E-state index contributed by atoms with van der Waals surface area (Å²) in [5, 5.41) is 6.09. The fourth-order valence-corrected chi connectivity index (χ4v) is 2.86. The summed E-state index contributed by atoms with van der Waals surface area (Å²) in [5.41, 5.74) is 2.34. The molecule has 1 amide bonds. The number of amides is 1. The zero-order chi connectivity index (χ0) is 16.0. The molecule has 21 heavy (non-hydrogen) atoms. The van der Waals surface area contributed by atoms with Crippen LogP contribution in [0.3, 0.4) is 0 Å². The Bertz CT molecular complexity index is 477. The normalized spacial score (nSPS) is 12.3. The summed E-state index contributed by atoms with van der Waals surface area (Å²) >= 11 is 3.63. The lowest BCUT2D eigenvalue weighted by Gasteiger charge is -2.24. The van der Waals surface area contributed by atoms with Crippen molar-refractivity contribution in [2.24, 2.45) is 5.92 Å². The van der Waals surface area contributed by atoms with Gasteiger partial charge in [-0.05, 0) is 33.6 Å². The van der Waals surface area contributed by atoms with Crippen molar-refractivity contribution in [2.45, 2.75) is 33.4 Å². The van der Waals surface area contributed by atoms with Crippen molar-refractivity contribution < 1.29 is 4.79 Å². The van der Waals surface area contributed by atoms with Gasteiger partial charge in [0.1, 0.15) is 0 Å². The Morgan fingerprint density at radius 1 is 1.33 bits per heavy atom. The third kappa shape index (κ3) is 5.67. The van der Waals surface area contributed by atoms with Gasteiger partial charge >= 0.3 is 0 Å². The van der Waals surface area contributed by atoms with Crippen molar-refractivity contribution in [1.82, 2.24) is 10.6 Å². The second kappa shape index (κ2) is 8.39. The van der Waals surface area contributed by atoms with Gasteiger partial charge in [0.2, 0.25) is 5.91 Å². The molecule has 4 nitrogen and oxygen atoms in total. The van der Waals surface area contributed by atoms with Crippen LogP contribution < -0.4 is 15.5 Å². The van der Waals surface area contributed by atoms with Gasteiger partial charge in [0.15, 0.2) is 0 Å². The largest absolute Gasteiger partial charge is 0.373 e. The molecular formula is C16H26BrN3O. The maximum absolute atomic E-state index is 11.6. The minimum atomic E-state index is -0.0471. The van der Waals surface area contributed by atoms with Crippen LogP contribution in [0.2, 0.25) is 0 Å². The minimum Gasteiger partial charge on any atom is -0.373 e. The van der Waals surface area contributed by atoms with E-state index in [1.54, 1.807) is 7.05 Å². The number of hydrogen-bond acceptors (Lipinski definition) is 3. The summed E-state index contributed by atoms with van der Waals surface area (Å²) in [6.45, 7) is 7.75. The molecule has 118 valence electrons. The van der Waals surface area contributed by atoms with Crippen LogP contribution in [0.25, 0.3) is 0 Å². The fraction of sp³-hybridized carbons (Fsp3) is 0.562. The molecule has 1 atom stereocenters. The van der Waals surface area contributed by atoms with Crippen molar-refractivity contribution in [3.63, 3.8) is 0 Å². The van der Waals surface area contributed by atoms with E-state index in [0.29, 0.717) is 12.6 Å². The number of nitrogens with zero attached hydrogens (tertiary/aromatic N) is 1. The van der Waals surface area contributed by atoms with E-state index in [0.717, 1.165) is 16.7 Å². The number of nitrogens with one attached hydrogen (secondary N) is 2. The minimum absolute atomic E-state index is 0.0471. The van der Waals surface area contributed by atoms with Crippen LogP contribution in [0.1, 0.15) is 26.3 Å². The first-order valence-electron chi connectivity index (χ1n) is 7.29. The van der Waals surface area contributed by atoms with E-state index < -0.39 is 0 Å². The molecular weight excluding hydrogens is 330 g/mol. The van der Waals surface area contributed by atoms with E-state index in [4.69, 9.17) is 0 Å². The number of carbonyl (C=O) groups excluding carboxylic acids is 1. The van der Waals surface area contributed by atoms with E-state index in [1.807, 2.05) is 14.0 Å². The number of rotatable bonds is 7. The second-order valence-corrected chi connectivity index (χ2v) is 6.57. The SMILES string of the molecule is CNC(=O)C(C)CN(C)c1ccc(CNC(C)C)cc1Br. The van der Waals surface area contributed by atoms with E-state index in [2.05, 4.69) is 63.5 Å². The van der Waals surface area contributed by atoms with Crippen molar-refractivity contribution in [1.29, 1.82) is 0 Å². The Morgan fingerprint density at radius 2 is 2.00 bits per heavy atom. The van der Waals surface area contributed by atoms with Gasteiger partial charge in [0.05, 0.1) is 11.6 Å². The average molecular weight is 356 g/mol. The van der Waals surface area contributed by atoms with Crippen molar-refractivity contribution in [2.75, 3.05) is 25.5 Å². The molecule has 1 rings (SSSR count). The molecule has 0 aliphatic carbocycles. The van der Waals surface area contributed by atoms with Gasteiger partial charge < -0.3 is 15.5 Å². The highest BCUT2D eigenvalue weighted by atomic mass is 79.9. The lowest BCUT2D eigenvalue weighted by atomic mass is 10.1. The third-order valence-corrected chi connectivity index (χ3v) is 4.01. The Balaban J connectivity index is 2.72. The number of halogens is 1. The van der Waals surface area contributed by atoms with Crippen LogP contribution in [0.15, 0.2) is 22.7 Å². The topological polar surface area (TPSA) is 44.4 Å². The van der Waals surface area contributed by atoms with Gasteiger partial charge in [-0.25, -0.2) is 0 Å². The highest BCUT2D eigenvalue weighted by Crippen LogP contribution is 2.27. The van der Waals surface area contributed by atoms with Crippen LogP contribution in [0, 0.1) is 5.92 Å². The number of benzene rings is 1. The number of anilines is 1. The van der Waals surface area contributed by atoms with E-state index in [-0.39, 0.29) is 11.8 Å². The lowest BCUT2D eigenvalue weighted by molar-refractivity contribution is -0.123. The molecule has 0 saturated carbocycles. The van der Waals surface area contributed by atoms with E-state index >= 15 is 0 Å². The second-order valence-electron chi connectivity index (χ2n) is 5.72. The maximum Gasteiger partial charge on any atom is 0.224 e. The highest BCUT2D eigenvalue weighted by Gasteiger charge is 2.15. The summed E-state index contributed by atoms with van der Waals surface area (Å²) < 4.78 is 1.05. The Hall–Kier alpha value is -1.07. The van der Waals surface area contributed by atoms with Crippen LogP contribution in [-0.4, -0.2) is 32.6 Å². The van der Waals surface area contributed by atoms with E-state index in [1.165, 1.54) is 5.56 Å². The van der Waals surface area contributed by atoms with Crippen LogP contribution in [0.4, 0.5) is 5.69 Å². The van der Waals surface area contributed by atoms with Gasteiger partial charge in [-0.3, -0.25) is 4.79 Å². The maximum atomic E-state index is 11.6. The number of hydrogen-bond donors (Lipinski definition) is 2. The van der Waals surface area contributed by atoms with E-state index in [9.17, 15) is 4.79 Å². The molecule has 0 heterocycles. The molecule has 0 aliphatic heterocycles. The van der Waals surface area contributed by atoms with Crippen molar-refractivity contribution in [3.8, 4) is 0 Å². The van der Waals surface area contributed by atoms with Crippen molar-refractivity contribution in [3.05, 3.63) is 28.2 Å². The average Bonchev–Trinajstić information content (AvgIpc) is 2.43. The van der Waals surface area contributed by atoms with Gasteiger partial charge in [-0.15, -0.1) is 0 Å². The molecule has 1 aromatic carbocycles. The lowest BCUT2D eigenvalue weighted by Crippen LogP contribution is -2.34. The zero-order valence-electron chi connectivity index (χ0n) is 13.5. The molecule has 2 N–H and O–H groups in total. The zero-order valence-corrected chi connectivity index (χ0v) is 15.1. The molecule has 0 bridgehead atoms. The highest BCUT2D eigenvalue weighted by molar-refractivity contribution is 9.10. The molecule has 0 fully saturated rings. The van der Waals surface area contributed by atoms with Gasteiger partial charge in [-0.2, -0.15) is 0 Å². The Labute approximate surface area is 136 Å². The molecule has 0 aromatic heterocycles. The first-order valence-corrected chi connectivity index (χ1v) is 8.09. The Morgan fingerprint density at radius 3 is 2.52 bits per heavy atom. The van der Waals surface area contributed by atoms with Gasteiger partial charge in [-0.1, -0.05) is 26.8 Å². The molecule has 0 saturated heterocycles. The molecule has 0 radical (unpaired) electrons. The standard InChI is InChI=1S/C16H26BrN3O/c1-11(2)19-9-13-6-7-15(14(17)8-13)20(5)10-12(3)16(21)18-4/h6-8,11-12,19H,9-10H2,1-5H3,(H,18,21). The van der Waals surface area contributed by atoms with Crippen LogP contribution in [-0.2, 0) is 11.3 Å². The molecule has 1 aromatic rings. The molecule has 1 unspecified atom stereocenters. The number of carbonyl (C=O) groups is 1. The summed E-state index contributed by atoms with van der Waals surface area (Å²) in [7, 11) is 3.68. The fourth-order valence-electron chi connectivity index (χ4n) is 2.13. The van der Waals surface area contributed by atoms with Gasteiger partial charge in [0, 0.05) is 37.7 Å². The molecule has 0 spiro atoms. The first-order chi connectivity index (χ1) is 9.85. The van der Waals surface area contributed by atoms with Gasteiger partial charge in [0.25, 0.3) is 0 Å². The smallest absolute Gasteiger partial charge is 0.224 e. The Kier molecular flexibility index (Phi) is 7.18. The molecule has 5 heteroatoms. The monoisotopic (exact) mass is 355 g/mol. The summed E-state index contributed by atoms with van der Waals surface area (Å²) in [5.74, 6) is 0.0184. The predicted octanol–water partition coefficient (Wildman–Crippen LogP) is 2.77. The third-order valence-electron chi connectivity index (χ3n) is 3.38. The van der Waals surface area contributed by atoms with Crippen LogP contribution >= 0.6 is 15.9 Å². The quantitative estimate of drug-likeness (QED) is 0.790. The first kappa shape index (κ1) is 18.0. The summed E-state index contributed by atoms with van der Waals surface area (Å²) in [6, 6.07) is 6.82. The predicted molar refractivity (Wildman–Crippen MR) is 92.6 cm³/mol. The summed E-state index contributed by atoms with van der Waals surface area (Å²) in [4.78, 5) is 13.7. The van der Waals surface area contributed by atoms with Crippen LogP contribution in [0.5, 0.6) is 0 Å².